The van der Waals surface area contributed by atoms with Gasteiger partial charge in [-0.3, -0.25) is 0 Å². The fourth-order valence-electron chi connectivity index (χ4n) is 1.79. The number of halogens is 1. The molecule has 24 heavy (non-hydrogen) atoms. The number of rotatable bonds is 5. The van der Waals surface area contributed by atoms with Crippen molar-refractivity contribution in [3.8, 4) is 5.75 Å². The molecule has 2 aromatic rings. The zero-order valence-corrected chi connectivity index (χ0v) is 14.6. The molecule has 0 spiro atoms. The normalized spacial score (nSPS) is 9.58. The predicted octanol–water partition coefficient (Wildman–Crippen LogP) is 2.90. The van der Waals surface area contributed by atoms with Crippen LogP contribution in [0.5, 0.6) is 5.75 Å². The van der Waals surface area contributed by atoms with E-state index in [-0.39, 0.29) is 0 Å². The van der Waals surface area contributed by atoms with Crippen LogP contribution in [-0.4, -0.2) is 29.3 Å². The number of carboxylic acids is 2. The molecule has 0 amide bonds. The molecule has 7 heteroatoms. The highest BCUT2D eigenvalue weighted by Gasteiger charge is 2.04. The molecule has 0 fully saturated rings. The number of carboxylic acid groups (broad SMARTS) is 2. The molecule has 0 aliphatic carbocycles. The lowest BCUT2D eigenvalue weighted by molar-refractivity contribution is -0.159. The third-order valence-electron chi connectivity index (χ3n) is 2.93. The van der Waals surface area contributed by atoms with Crippen LogP contribution in [0.15, 0.2) is 53.0 Å². The number of hydrogen-bond acceptors (Lipinski definition) is 4. The Kier molecular flexibility index (Phi) is 8.53. The summed E-state index contributed by atoms with van der Waals surface area (Å²) in [6, 6.07) is 16.4. The maximum absolute atomic E-state index is 9.10. The predicted molar refractivity (Wildman–Crippen MR) is 93.0 cm³/mol. The van der Waals surface area contributed by atoms with Gasteiger partial charge in [0.25, 0.3) is 0 Å². The topological polar surface area (TPSA) is 95.9 Å². The van der Waals surface area contributed by atoms with Gasteiger partial charge >= 0.3 is 11.9 Å². The summed E-state index contributed by atoms with van der Waals surface area (Å²) in [5, 5.41) is 18.2. The number of ether oxygens (including phenoxy) is 1. The molecule has 0 unspecified atom stereocenters. The molecule has 6 nitrogen and oxygen atoms in total. The van der Waals surface area contributed by atoms with E-state index in [0.29, 0.717) is 0 Å². The van der Waals surface area contributed by atoms with Crippen molar-refractivity contribution in [3.63, 3.8) is 0 Å². The van der Waals surface area contributed by atoms with E-state index in [1.54, 1.807) is 7.11 Å². The first-order chi connectivity index (χ1) is 11.4. The molecule has 0 atom stereocenters. The van der Waals surface area contributed by atoms with E-state index in [4.69, 9.17) is 24.5 Å². The number of benzene rings is 2. The molecule has 0 bridgehead atoms. The third-order valence-corrected chi connectivity index (χ3v) is 3.46. The minimum absolute atomic E-state index is 0.806. The quantitative estimate of drug-likeness (QED) is 0.673. The zero-order chi connectivity index (χ0) is 17.9. The van der Waals surface area contributed by atoms with Crippen LogP contribution in [-0.2, 0) is 22.7 Å². The fourth-order valence-corrected chi connectivity index (χ4v) is 2.06. The van der Waals surface area contributed by atoms with Crippen LogP contribution in [0.2, 0.25) is 0 Å². The summed E-state index contributed by atoms with van der Waals surface area (Å²) < 4.78 is 6.43. The molecule has 0 saturated carbocycles. The summed E-state index contributed by atoms with van der Waals surface area (Å²) in [4.78, 5) is 18.2. The Morgan fingerprint density at radius 2 is 1.58 bits per heavy atom. The van der Waals surface area contributed by atoms with Crippen molar-refractivity contribution in [3.05, 3.63) is 64.1 Å². The molecule has 0 aliphatic heterocycles. The van der Waals surface area contributed by atoms with Crippen molar-refractivity contribution in [2.24, 2.45) is 0 Å². The highest BCUT2D eigenvalue weighted by molar-refractivity contribution is 9.10. The lowest BCUT2D eigenvalue weighted by Gasteiger charge is -2.09. The monoisotopic (exact) mass is 395 g/mol. The Labute approximate surface area is 148 Å². The largest absolute Gasteiger partial charge is 0.496 e. The van der Waals surface area contributed by atoms with Crippen LogP contribution in [0, 0.1) is 0 Å². The van der Waals surface area contributed by atoms with E-state index < -0.39 is 11.9 Å². The standard InChI is InChI=1S/C15H16BrNO.C2H2O4/c1-18-15-5-3-2-4-13(15)11-17-10-12-6-8-14(16)9-7-12;3-1(4)2(5)6/h2-9,17H,10-11H2,1H3;(H,3,4)(H,5,6). The molecule has 128 valence electrons. The van der Waals surface area contributed by atoms with Crippen molar-refractivity contribution >= 4 is 27.9 Å². The Hall–Kier alpha value is -2.38. The van der Waals surface area contributed by atoms with Crippen LogP contribution in [0.4, 0.5) is 0 Å². The fraction of sp³-hybridized carbons (Fsp3) is 0.176. The van der Waals surface area contributed by atoms with Crippen LogP contribution in [0.25, 0.3) is 0 Å². The van der Waals surface area contributed by atoms with Gasteiger partial charge in [0.1, 0.15) is 5.75 Å². The number of carbonyl (C=O) groups is 2. The summed E-state index contributed by atoms with van der Waals surface area (Å²) in [5.74, 6) is -2.72. The molecule has 3 N–H and O–H groups in total. The lowest BCUT2D eigenvalue weighted by atomic mass is 10.2. The van der Waals surface area contributed by atoms with Crippen molar-refractivity contribution in [2.45, 2.75) is 13.1 Å². The van der Waals surface area contributed by atoms with Crippen LogP contribution >= 0.6 is 15.9 Å². The Morgan fingerprint density at radius 1 is 1.00 bits per heavy atom. The highest BCUT2D eigenvalue weighted by atomic mass is 79.9. The lowest BCUT2D eigenvalue weighted by Crippen LogP contribution is -2.13. The molecular formula is C17H18BrNO5. The average Bonchev–Trinajstić information content (AvgIpc) is 2.57. The van der Waals surface area contributed by atoms with Gasteiger partial charge in [-0.2, -0.15) is 0 Å². The second kappa shape index (κ2) is 10.4. The van der Waals surface area contributed by atoms with Gasteiger partial charge in [0, 0.05) is 23.1 Å². The Balaban J connectivity index is 0.000000413. The van der Waals surface area contributed by atoms with Crippen LogP contribution in [0.1, 0.15) is 11.1 Å². The number of nitrogens with one attached hydrogen (secondary N) is 1. The first kappa shape index (κ1) is 19.7. The van der Waals surface area contributed by atoms with E-state index in [2.05, 4.69) is 51.6 Å². The van der Waals surface area contributed by atoms with Gasteiger partial charge in [-0.25, -0.2) is 9.59 Å². The van der Waals surface area contributed by atoms with Gasteiger partial charge in [-0.1, -0.05) is 46.3 Å². The van der Waals surface area contributed by atoms with Crippen LogP contribution < -0.4 is 10.1 Å². The van der Waals surface area contributed by atoms with Crippen molar-refractivity contribution < 1.29 is 24.5 Å². The first-order valence-corrected chi connectivity index (χ1v) is 7.76. The minimum atomic E-state index is -1.82. The minimum Gasteiger partial charge on any atom is -0.496 e. The summed E-state index contributed by atoms with van der Waals surface area (Å²) in [6.45, 7) is 1.66. The Morgan fingerprint density at radius 3 is 2.12 bits per heavy atom. The zero-order valence-electron chi connectivity index (χ0n) is 13.0. The van der Waals surface area contributed by atoms with Crippen molar-refractivity contribution in [1.82, 2.24) is 5.32 Å². The molecule has 0 heterocycles. The van der Waals surface area contributed by atoms with Gasteiger partial charge < -0.3 is 20.3 Å². The van der Waals surface area contributed by atoms with Crippen molar-refractivity contribution in [2.75, 3.05) is 7.11 Å². The maximum atomic E-state index is 9.10. The molecule has 2 aromatic carbocycles. The number of hydrogen-bond donors (Lipinski definition) is 3. The summed E-state index contributed by atoms with van der Waals surface area (Å²) >= 11 is 3.43. The number of aliphatic carboxylic acids is 2. The van der Waals surface area contributed by atoms with E-state index in [1.807, 2.05) is 18.2 Å². The van der Waals surface area contributed by atoms with Crippen LogP contribution in [0.3, 0.4) is 0 Å². The van der Waals surface area contributed by atoms with Gasteiger partial charge in [-0.05, 0) is 23.8 Å². The summed E-state index contributed by atoms with van der Waals surface area (Å²) in [7, 11) is 1.70. The SMILES string of the molecule is COc1ccccc1CNCc1ccc(Br)cc1.O=C(O)C(=O)O. The summed E-state index contributed by atoms with van der Waals surface area (Å²) in [5.41, 5.74) is 2.45. The van der Waals surface area contributed by atoms with Gasteiger partial charge in [-0.15, -0.1) is 0 Å². The molecule has 0 radical (unpaired) electrons. The second-order valence-electron chi connectivity index (χ2n) is 4.65. The third kappa shape index (κ3) is 7.26. The molecule has 0 aliphatic rings. The van der Waals surface area contributed by atoms with Crippen molar-refractivity contribution in [1.29, 1.82) is 0 Å². The smallest absolute Gasteiger partial charge is 0.414 e. The highest BCUT2D eigenvalue weighted by Crippen LogP contribution is 2.17. The summed E-state index contributed by atoms with van der Waals surface area (Å²) in [6.07, 6.45) is 0. The first-order valence-electron chi connectivity index (χ1n) is 6.97. The maximum Gasteiger partial charge on any atom is 0.414 e. The molecular weight excluding hydrogens is 378 g/mol. The number of para-hydroxylation sites is 1. The van der Waals surface area contributed by atoms with Gasteiger partial charge in [0.15, 0.2) is 0 Å². The molecule has 2 rings (SSSR count). The van der Waals surface area contributed by atoms with E-state index >= 15 is 0 Å². The van der Waals surface area contributed by atoms with E-state index in [0.717, 1.165) is 23.3 Å². The molecule has 0 saturated heterocycles. The number of methoxy groups -OCH3 is 1. The van der Waals surface area contributed by atoms with Gasteiger partial charge in [0.05, 0.1) is 7.11 Å². The van der Waals surface area contributed by atoms with E-state index in [1.165, 1.54) is 11.1 Å². The Bertz CT molecular complexity index is 661. The molecule has 0 aromatic heterocycles. The second-order valence-corrected chi connectivity index (χ2v) is 5.57. The van der Waals surface area contributed by atoms with E-state index in [9.17, 15) is 0 Å². The average molecular weight is 396 g/mol. The van der Waals surface area contributed by atoms with Gasteiger partial charge in [0.2, 0.25) is 0 Å².